The van der Waals surface area contributed by atoms with Gasteiger partial charge < -0.3 is 9.84 Å². The molecule has 0 saturated heterocycles. The second-order valence-corrected chi connectivity index (χ2v) is 3.55. The first-order valence-electron chi connectivity index (χ1n) is 3.88. The Morgan fingerprint density at radius 3 is 2.29 bits per heavy atom. The molecular formula is C8H12N2O4. The monoisotopic (exact) mass is 200 g/mol. The summed E-state index contributed by atoms with van der Waals surface area (Å²) in [6, 6.07) is -0.172. The fourth-order valence-corrected chi connectivity index (χ4v) is 0.575. The van der Waals surface area contributed by atoms with E-state index in [9.17, 15) is 9.59 Å². The van der Waals surface area contributed by atoms with E-state index in [1.807, 2.05) is 5.32 Å². The number of nitrogens with zero attached hydrogens (tertiary/aromatic N) is 1. The van der Waals surface area contributed by atoms with Crippen LogP contribution in [0.5, 0.6) is 0 Å². The summed E-state index contributed by atoms with van der Waals surface area (Å²) in [6.07, 6.45) is -0.925. The predicted molar refractivity (Wildman–Crippen MR) is 46.4 cm³/mol. The molecule has 6 heteroatoms. The Balaban J connectivity index is 4.20. The molecule has 0 rings (SSSR count). The molecule has 0 heterocycles. The van der Waals surface area contributed by atoms with Gasteiger partial charge in [0.15, 0.2) is 0 Å². The van der Waals surface area contributed by atoms with Crippen LogP contribution < -0.4 is 5.32 Å². The van der Waals surface area contributed by atoms with Crippen molar-refractivity contribution in [2.24, 2.45) is 0 Å². The maximum atomic E-state index is 11.0. The first kappa shape index (κ1) is 12.2. The number of amides is 1. The number of hydrogen-bond acceptors (Lipinski definition) is 4. The highest BCUT2D eigenvalue weighted by Crippen LogP contribution is 2.06. The Morgan fingerprint density at radius 1 is 1.50 bits per heavy atom. The van der Waals surface area contributed by atoms with Gasteiger partial charge in [-0.3, -0.25) is 5.32 Å². The molecule has 0 spiro atoms. The third-order valence-corrected chi connectivity index (χ3v) is 1.04. The predicted octanol–water partition coefficient (Wildman–Crippen LogP) is 0.488. The normalized spacial score (nSPS) is 12.4. The summed E-state index contributed by atoms with van der Waals surface area (Å²) in [5.41, 5.74) is -0.720. The molecule has 0 radical (unpaired) electrons. The van der Waals surface area contributed by atoms with Crippen LogP contribution in [0.15, 0.2) is 0 Å². The van der Waals surface area contributed by atoms with E-state index in [-0.39, 0.29) is 0 Å². The zero-order valence-electron chi connectivity index (χ0n) is 8.20. The molecule has 0 aliphatic carbocycles. The number of rotatable bonds is 2. The zero-order valence-corrected chi connectivity index (χ0v) is 8.20. The molecule has 0 aliphatic heterocycles. The minimum atomic E-state index is -1.58. The number of nitrogens with one attached hydrogen (secondary N) is 1. The van der Waals surface area contributed by atoms with Crippen LogP contribution in [0.1, 0.15) is 20.8 Å². The second-order valence-electron chi connectivity index (χ2n) is 3.55. The van der Waals surface area contributed by atoms with Gasteiger partial charge in [0.05, 0.1) is 6.07 Å². The molecule has 0 bridgehead atoms. The van der Waals surface area contributed by atoms with Crippen LogP contribution in [0.4, 0.5) is 4.79 Å². The third kappa shape index (κ3) is 4.98. The van der Waals surface area contributed by atoms with Gasteiger partial charge in [0.2, 0.25) is 6.04 Å². The number of hydrogen-bond donors (Lipinski definition) is 2. The van der Waals surface area contributed by atoms with E-state index >= 15 is 0 Å². The molecule has 0 aromatic carbocycles. The van der Waals surface area contributed by atoms with E-state index in [0.717, 1.165) is 0 Å². The van der Waals surface area contributed by atoms with Crippen molar-refractivity contribution in [3.8, 4) is 6.07 Å². The van der Waals surface area contributed by atoms with Crippen LogP contribution in [0.2, 0.25) is 0 Å². The highest BCUT2D eigenvalue weighted by Gasteiger charge is 2.23. The number of carboxylic acid groups (broad SMARTS) is 1. The molecule has 1 atom stereocenters. The van der Waals surface area contributed by atoms with Gasteiger partial charge in [-0.25, -0.2) is 9.59 Å². The smallest absolute Gasteiger partial charge is 0.409 e. The summed E-state index contributed by atoms with van der Waals surface area (Å²) in [5, 5.41) is 18.7. The van der Waals surface area contributed by atoms with E-state index in [4.69, 9.17) is 15.1 Å². The summed E-state index contributed by atoms with van der Waals surface area (Å²) in [7, 11) is 0. The van der Waals surface area contributed by atoms with Crippen LogP contribution in [0, 0.1) is 11.3 Å². The molecular weight excluding hydrogens is 188 g/mol. The highest BCUT2D eigenvalue weighted by molar-refractivity contribution is 5.82. The van der Waals surface area contributed by atoms with Crippen molar-refractivity contribution in [1.82, 2.24) is 5.32 Å². The highest BCUT2D eigenvalue weighted by atomic mass is 16.6. The lowest BCUT2D eigenvalue weighted by Gasteiger charge is -2.20. The lowest BCUT2D eigenvalue weighted by molar-refractivity contribution is -0.137. The zero-order chi connectivity index (χ0) is 11.4. The lowest BCUT2D eigenvalue weighted by atomic mass is 10.2. The average molecular weight is 200 g/mol. The standard InChI is InChI=1S/C8H12N2O4/c1-8(2,3)14-7(13)10-5(4-9)6(11)12/h5H,1-3H3,(H,10,13)(H,11,12)/t5-/m1/s1. The lowest BCUT2D eigenvalue weighted by Crippen LogP contribution is -2.42. The summed E-state index contributed by atoms with van der Waals surface area (Å²) >= 11 is 0. The van der Waals surface area contributed by atoms with Crippen LogP contribution in [-0.2, 0) is 9.53 Å². The molecule has 0 aliphatic rings. The van der Waals surface area contributed by atoms with Crippen molar-refractivity contribution in [3.63, 3.8) is 0 Å². The Morgan fingerprint density at radius 2 is 2.00 bits per heavy atom. The third-order valence-electron chi connectivity index (χ3n) is 1.04. The van der Waals surface area contributed by atoms with Gasteiger partial charge in [-0.2, -0.15) is 5.26 Å². The van der Waals surface area contributed by atoms with E-state index in [1.165, 1.54) is 6.07 Å². The summed E-state index contributed by atoms with van der Waals surface area (Å²) in [4.78, 5) is 21.3. The summed E-state index contributed by atoms with van der Waals surface area (Å²) in [5.74, 6) is -1.42. The van der Waals surface area contributed by atoms with Crippen LogP contribution in [0.25, 0.3) is 0 Å². The first-order chi connectivity index (χ1) is 6.26. The number of carbonyl (C=O) groups excluding carboxylic acids is 1. The number of carboxylic acids is 1. The minimum absolute atomic E-state index is 0.720. The molecule has 78 valence electrons. The fraction of sp³-hybridized carbons (Fsp3) is 0.625. The fourth-order valence-electron chi connectivity index (χ4n) is 0.575. The van der Waals surface area contributed by atoms with Gasteiger partial charge in [-0.15, -0.1) is 0 Å². The number of nitriles is 1. The number of aliphatic carboxylic acids is 1. The molecule has 0 fully saturated rings. The average Bonchev–Trinajstić information content (AvgIpc) is 1.96. The molecule has 1 amide bonds. The molecule has 14 heavy (non-hydrogen) atoms. The van der Waals surface area contributed by atoms with Gasteiger partial charge >= 0.3 is 12.1 Å². The summed E-state index contributed by atoms with van der Waals surface area (Å²) in [6.45, 7) is 4.90. The molecule has 0 aromatic rings. The van der Waals surface area contributed by atoms with Crippen molar-refractivity contribution < 1.29 is 19.4 Å². The van der Waals surface area contributed by atoms with Gasteiger partial charge in [0.1, 0.15) is 5.60 Å². The van der Waals surface area contributed by atoms with E-state index in [2.05, 4.69) is 0 Å². The molecule has 0 aromatic heterocycles. The van der Waals surface area contributed by atoms with E-state index in [0.29, 0.717) is 0 Å². The van der Waals surface area contributed by atoms with Gasteiger partial charge in [0.25, 0.3) is 0 Å². The quantitative estimate of drug-likeness (QED) is 0.675. The second kappa shape index (κ2) is 4.46. The number of carbonyl (C=O) groups is 2. The van der Waals surface area contributed by atoms with Crippen LogP contribution in [-0.4, -0.2) is 28.8 Å². The Kier molecular flexibility index (Phi) is 3.90. The van der Waals surface area contributed by atoms with Crippen molar-refractivity contribution in [1.29, 1.82) is 5.26 Å². The molecule has 2 N–H and O–H groups in total. The van der Waals surface area contributed by atoms with Crippen molar-refractivity contribution in [2.75, 3.05) is 0 Å². The van der Waals surface area contributed by atoms with Crippen LogP contribution in [0.3, 0.4) is 0 Å². The van der Waals surface area contributed by atoms with Crippen LogP contribution >= 0.6 is 0 Å². The van der Waals surface area contributed by atoms with Gasteiger partial charge in [0, 0.05) is 0 Å². The SMILES string of the molecule is CC(C)(C)OC(=O)N[C@H](C#N)C(=O)O. The Labute approximate surface area is 81.5 Å². The number of ether oxygens (including phenoxy) is 1. The Bertz CT molecular complexity index is 274. The number of alkyl carbamates (subject to hydrolysis) is 1. The van der Waals surface area contributed by atoms with E-state index < -0.39 is 23.7 Å². The molecule has 0 saturated carbocycles. The summed E-state index contributed by atoms with van der Waals surface area (Å²) < 4.78 is 4.76. The first-order valence-corrected chi connectivity index (χ1v) is 3.88. The van der Waals surface area contributed by atoms with Crippen molar-refractivity contribution in [2.45, 2.75) is 32.4 Å². The molecule has 0 unspecified atom stereocenters. The van der Waals surface area contributed by atoms with Crippen molar-refractivity contribution >= 4 is 12.1 Å². The molecule has 6 nitrogen and oxygen atoms in total. The van der Waals surface area contributed by atoms with E-state index in [1.54, 1.807) is 20.8 Å². The maximum Gasteiger partial charge on any atom is 0.409 e. The largest absolute Gasteiger partial charge is 0.479 e. The minimum Gasteiger partial charge on any atom is -0.479 e. The van der Waals surface area contributed by atoms with Gasteiger partial charge in [-0.05, 0) is 20.8 Å². The Hall–Kier alpha value is -1.77. The van der Waals surface area contributed by atoms with Gasteiger partial charge in [-0.1, -0.05) is 0 Å². The van der Waals surface area contributed by atoms with Crippen molar-refractivity contribution in [3.05, 3.63) is 0 Å². The topological polar surface area (TPSA) is 99.4 Å². The maximum absolute atomic E-state index is 11.0.